The Bertz CT molecular complexity index is 1290. The predicted molar refractivity (Wildman–Crippen MR) is 127 cm³/mol. The van der Waals surface area contributed by atoms with Gasteiger partial charge in [-0.25, -0.2) is 19.3 Å². The molecule has 1 fully saturated rings. The topological polar surface area (TPSA) is 102 Å². The van der Waals surface area contributed by atoms with Crippen LogP contribution in [0.4, 0.5) is 29.2 Å². The van der Waals surface area contributed by atoms with Crippen LogP contribution in [0.15, 0.2) is 36.8 Å². The molecule has 8 nitrogen and oxygen atoms in total. The van der Waals surface area contributed by atoms with E-state index in [0.717, 1.165) is 18.0 Å². The van der Waals surface area contributed by atoms with Crippen LogP contribution in [0.3, 0.4) is 0 Å². The highest BCUT2D eigenvalue weighted by Crippen LogP contribution is 2.36. The highest BCUT2D eigenvalue weighted by atomic mass is 19.4. The highest BCUT2D eigenvalue weighted by molar-refractivity contribution is 5.93. The third-order valence-electron chi connectivity index (χ3n) is 6.18. The van der Waals surface area contributed by atoms with Gasteiger partial charge in [-0.15, -0.1) is 0 Å². The van der Waals surface area contributed by atoms with E-state index in [4.69, 9.17) is 5.73 Å². The summed E-state index contributed by atoms with van der Waals surface area (Å²) in [6.45, 7) is 1.25. The van der Waals surface area contributed by atoms with Gasteiger partial charge >= 0.3 is 6.18 Å². The number of anilines is 2. The monoisotopic (exact) mass is 503 g/mol. The van der Waals surface area contributed by atoms with Gasteiger partial charge in [-0.3, -0.25) is 4.79 Å². The van der Waals surface area contributed by atoms with Crippen LogP contribution in [-0.4, -0.2) is 45.6 Å². The summed E-state index contributed by atoms with van der Waals surface area (Å²) in [5.41, 5.74) is 5.82. The lowest BCUT2D eigenvalue weighted by atomic mass is 9.95. The van der Waals surface area contributed by atoms with Crippen molar-refractivity contribution in [2.24, 2.45) is 7.05 Å². The summed E-state index contributed by atoms with van der Waals surface area (Å²) < 4.78 is 54.9. The van der Waals surface area contributed by atoms with E-state index in [0.29, 0.717) is 43.0 Å². The molecule has 0 unspecified atom stereocenters. The number of aryl methyl sites for hydroxylation is 1. The predicted octanol–water partition coefficient (Wildman–Crippen LogP) is 3.76. The number of nitrogens with zero attached hydrogens (tertiary/aromatic N) is 5. The molecular weight excluding hydrogens is 478 g/mol. The van der Waals surface area contributed by atoms with E-state index in [-0.39, 0.29) is 23.2 Å². The van der Waals surface area contributed by atoms with Gasteiger partial charge in [0.05, 0.1) is 16.8 Å². The van der Waals surface area contributed by atoms with Gasteiger partial charge in [-0.2, -0.15) is 13.2 Å². The summed E-state index contributed by atoms with van der Waals surface area (Å²) in [5, 5.41) is 2.51. The molecule has 0 atom stereocenters. The van der Waals surface area contributed by atoms with Crippen molar-refractivity contribution < 1.29 is 22.4 Å². The van der Waals surface area contributed by atoms with E-state index in [1.165, 1.54) is 25.5 Å². The molecule has 3 aromatic rings. The molecule has 0 spiro atoms. The maximum absolute atomic E-state index is 13.7. The second-order valence-corrected chi connectivity index (χ2v) is 8.49. The average molecular weight is 504 g/mol. The number of rotatable bonds is 5. The molecule has 36 heavy (non-hydrogen) atoms. The molecule has 2 aromatic heterocycles. The molecule has 190 valence electrons. The molecule has 12 heteroatoms. The third-order valence-corrected chi connectivity index (χ3v) is 6.18. The van der Waals surface area contributed by atoms with E-state index in [1.54, 1.807) is 23.9 Å². The number of nitrogens with two attached hydrogens (primary N) is 1. The summed E-state index contributed by atoms with van der Waals surface area (Å²) >= 11 is 0. The summed E-state index contributed by atoms with van der Waals surface area (Å²) in [5.74, 6) is 0.0823. The molecule has 3 N–H and O–H groups in total. The molecular formula is C24H25F4N7O. The normalized spacial score (nSPS) is 15.0. The van der Waals surface area contributed by atoms with Gasteiger partial charge in [0.1, 0.15) is 29.6 Å². The number of aromatic nitrogens is 4. The number of halogens is 4. The number of piperidine rings is 1. The van der Waals surface area contributed by atoms with Crippen molar-refractivity contribution in [3.8, 4) is 11.3 Å². The minimum absolute atomic E-state index is 0.0616. The number of nitrogen functional groups attached to an aromatic ring is 1. The molecule has 1 saturated heterocycles. The van der Waals surface area contributed by atoms with E-state index >= 15 is 0 Å². The number of benzene rings is 1. The van der Waals surface area contributed by atoms with Crippen molar-refractivity contribution in [3.05, 3.63) is 59.6 Å². The molecule has 1 aliphatic rings. The number of nitrogens with one attached hydrogen (secondary N) is 1. The van der Waals surface area contributed by atoms with Crippen LogP contribution in [0.5, 0.6) is 0 Å². The molecule has 3 heterocycles. The van der Waals surface area contributed by atoms with Gasteiger partial charge in [-0.1, -0.05) is 0 Å². The second kappa shape index (κ2) is 9.96. The van der Waals surface area contributed by atoms with Crippen molar-refractivity contribution in [2.45, 2.75) is 24.9 Å². The summed E-state index contributed by atoms with van der Waals surface area (Å²) in [4.78, 5) is 26.7. The standard InChI is InChI=1S/C24H25F4N7O/c1-30-20(36)6-4-16-21(29)31-13-32-23(16)35-9-7-14(8-10-35)22-33-19(12-34(22)2)15-3-5-18(25)17(11-15)24(26,27)28/h3-6,11-14H,7-10H2,1-2H3,(H,30,36)(H2,29,31,32)/b6-4+. The van der Waals surface area contributed by atoms with Gasteiger partial charge in [0, 0.05) is 50.9 Å². The van der Waals surface area contributed by atoms with Crippen LogP contribution in [0.25, 0.3) is 17.3 Å². The summed E-state index contributed by atoms with van der Waals surface area (Å²) in [7, 11) is 3.32. The maximum atomic E-state index is 13.7. The Kier molecular flexibility index (Phi) is 6.95. The number of alkyl halides is 3. The Morgan fingerprint density at radius 3 is 2.61 bits per heavy atom. The summed E-state index contributed by atoms with van der Waals surface area (Å²) in [6.07, 6.45) is 2.61. The van der Waals surface area contributed by atoms with Gasteiger partial charge in [0.2, 0.25) is 5.91 Å². The lowest BCUT2D eigenvalue weighted by Crippen LogP contribution is -2.34. The highest BCUT2D eigenvalue weighted by Gasteiger charge is 2.34. The van der Waals surface area contributed by atoms with Crippen molar-refractivity contribution in [2.75, 3.05) is 30.8 Å². The lowest BCUT2D eigenvalue weighted by molar-refractivity contribution is -0.140. The number of imidazole rings is 1. The van der Waals surface area contributed by atoms with Crippen LogP contribution in [0, 0.1) is 5.82 Å². The number of likely N-dealkylation sites (N-methyl/N-ethyl adjacent to an activating group) is 1. The first kappa shape index (κ1) is 25.1. The van der Waals surface area contributed by atoms with Crippen LogP contribution in [0.1, 0.15) is 35.7 Å². The molecule has 0 aliphatic carbocycles. The minimum Gasteiger partial charge on any atom is -0.383 e. The van der Waals surface area contributed by atoms with Crippen LogP contribution >= 0.6 is 0 Å². The molecule has 0 saturated carbocycles. The number of amides is 1. The van der Waals surface area contributed by atoms with Crippen molar-refractivity contribution in [1.29, 1.82) is 0 Å². The Labute approximate surface area is 204 Å². The Morgan fingerprint density at radius 2 is 1.94 bits per heavy atom. The SMILES string of the molecule is CNC(=O)/C=C/c1c(N)ncnc1N1CCC(c2nc(-c3ccc(F)c(C(F)(F)F)c3)cn2C)CC1. The van der Waals surface area contributed by atoms with Gasteiger partial charge in [0.15, 0.2) is 0 Å². The van der Waals surface area contributed by atoms with E-state index in [2.05, 4.69) is 25.2 Å². The molecule has 0 bridgehead atoms. The first-order valence-electron chi connectivity index (χ1n) is 11.2. The quantitative estimate of drug-likeness (QED) is 0.406. The zero-order chi connectivity index (χ0) is 26.0. The smallest absolute Gasteiger partial charge is 0.383 e. The number of carbonyl (C=O) groups excluding carboxylic acids is 1. The zero-order valence-electron chi connectivity index (χ0n) is 19.7. The Hall–Kier alpha value is -3.96. The fourth-order valence-corrected chi connectivity index (χ4v) is 4.30. The maximum Gasteiger partial charge on any atom is 0.419 e. The van der Waals surface area contributed by atoms with Crippen LogP contribution in [-0.2, 0) is 18.0 Å². The average Bonchev–Trinajstić information content (AvgIpc) is 3.24. The van der Waals surface area contributed by atoms with Crippen LogP contribution in [0.2, 0.25) is 0 Å². The number of hydrogen-bond donors (Lipinski definition) is 2. The number of hydrogen-bond acceptors (Lipinski definition) is 6. The molecule has 1 aromatic carbocycles. The Morgan fingerprint density at radius 1 is 1.22 bits per heavy atom. The first-order chi connectivity index (χ1) is 17.1. The van der Waals surface area contributed by atoms with Crippen molar-refractivity contribution in [3.63, 3.8) is 0 Å². The van der Waals surface area contributed by atoms with Crippen molar-refractivity contribution >= 4 is 23.6 Å². The zero-order valence-corrected chi connectivity index (χ0v) is 19.7. The fraction of sp³-hybridized carbons (Fsp3) is 0.333. The molecule has 1 amide bonds. The van der Waals surface area contributed by atoms with Gasteiger partial charge in [0.25, 0.3) is 0 Å². The Balaban J connectivity index is 1.52. The third kappa shape index (κ3) is 5.16. The van der Waals surface area contributed by atoms with E-state index in [9.17, 15) is 22.4 Å². The van der Waals surface area contributed by atoms with Gasteiger partial charge in [-0.05, 0) is 37.1 Å². The second-order valence-electron chi connectivity index (χ2n) is 8.49. The van der Waals surface area contributed by atoms with E-state index < -0.39 is 17.6 Å². The fourth-order valence-electron chi connectivity index (χ4n) is 4.30. The summed E-state index contributed by atoms with van der Waals surface area (Å²) in [6, 6.07) is 2.90. The van der Waals surface area contributed by atoms with E-state index in [1.807, 2.05) is 0 Å². The molecule has 0 radical (unpaired) electrons. The number of carbonyl (C=O) groups is 1. The van der Waals surface area contributed by atoms with Crippen molar-refractivity contribution in [1.82, 2.24) is 24.8 Å². The lowest BCUT2D eigenvalue weighted by Gasteiger charge is -2.33. The minimum atomic E-state index is -4.79. The molecule has 4 rings (SSSR count). The largest absolute Gasteiger partial charge is 0.419 e. The first-order valence-corrected chi connectivity index (χ1v) is 11.2. The molecule has 1 aliphatic heterocycles. The van der Waals surface area contributed by atoms with Crippen LogP contribution < -0.4 is 16.0 Å². The van der Waals surface area contributed by atoms with Gasteiger partial charge < -0.3 is 20.5 Å².